The molecule has 1 aromatic carbocycles. The van der Waals surface area contributed by atoms with Gasteiger partial charge in [0.15, 0.2) is 11.7 Å². The number of amides is 1. The molecular formula is C16H19BrN2O2. The number of halogens is 1. The van der Waals surface area contributed by atoms with Crippen molar-refractivity contribution >= 4 is 21.8 Å². The number of aromatic nitrogens is 1. The highest BCUT2D eigenvalue weighted by atomic mass is 79.9. The average molecular weight is 351 g/mol. The van der Waals surface area contributed by atoms with Gasteiger partial charge in [-0.3, -0.25) is 4.79 Å². The Balaban J connectivity index is 1.91. The first-order valence-electron chi connectivity index (χ1n) is 7.08. The van der Waals surface area contributed by atoms with Gasteiger partial charge in [-0.15, -0.1) is 0 Å². The van der Waals surface area contributed by atoms with Crippen LogP contribution in [0.1, 0.15) is 32.6 Å². The second-order valence-corrected chi connectivity index (χ2v) is 5.92. The zero-order chi connectivity index (χ0) is 15.2. The van der Waals surface area contributed by atoms with Gasteiger partial charge in [-0.25, -0.2) is 4.98 Å². The molecule has 1 heterocycles. The normalized spacial score (nSPS) is 12.1. The van der Waals surface area contributed by atoms with Crippen molar-refractivity contribution in [1.82, 2.24) is 10.3 Å². The molecule has 0 fully saturated rings. The van der Waals surface area contributed by atoms with Gasteiger partial charge in [0, 0.05) is 28.9 Å². The van der Waals surface area contributed by atoms with Crippen molar-refractivity contribution in [2.24, 2.45) is 0 Å². The quantitative estimate of drug-likeness (QED) is 0.857. The fourth-order valence-electron chi connectivity index (χ4n) is 1.84. The number of hydrogen-bond donors (Lipinski definition) is 1. The van der Waals surface area contributed by atoms with E-state index in [4.69, 9.17) is 4.42 Å². The summed E-state index contributed by atoms with van der Waals surface area (Å²) in [7, 11) is 0. The van der Waals surface area contributed by atoms with Crippen molar-refractivity contribution in [2.75, 3.05) is 0 Å². The van der Waals surface area contributed by atoms with Crippen molar-refractivity contribution in [1.29, 1.82) is 0 Å². The van der Waals surface area contributed by atoms with E-state index in [-0.39, 0.29) is 11.9 Å². The molecule has 0 aliphatic heterocycles. The minimum atomic E-state index is 0.0349. The standard InChI is InChI=1S/C16H19BrN2O2/c1-3-11(2)19-15(20)8-9-16-18-10-14(21-16)12-4-6-13(17)7-5-12/h4-7,10-11H,3,8-9H2,1-2H3,(H,19,20). The highest BCUT2D eigenvalue weighted by molar-refractivity contribution is 9.10. The fourth-order valence-corrected chi connectivity index (χ4v) is 2.11. The maximum Gasteiger partial charge on any atom is 0.220 e. The Morgan fingerprint density at radius 3 is 2.76 bits per heavy atom. The van der Waals surface area contributed by atoms with Crippen LogP contribution in [0.4, 0.5) is 0 Å². The molecule has 1 unspecified atom stereocenters. The number of carbonyl (C=O) groups excluding carboxylic acids is 1. The van der Waals surface area contributed by atoms with Gasteiger partial charge in [0.05, 0.1) is 6.20 Å². The topological polar surface area (TPSA) is 55.1 Å². The van der Waals surface area contributed by atoms with Crippen LogP contribution in [0.2, 0.25) is 0 Å². The molecule has 1 aromatic heterocycles. The minimum absolute atomic E-state index is 0.0349. The summed E-state index contributed by atoms with van der Waals surface area (Å²) >= 11 is 3.40. The number of carbonyl (C=O) groups is 1. The molecule has 0 spiro atoms. The highest BCUT2D eigenvalue weighted by Crippen LogP contribution is 2.22. The lowest BCUT2D eigenvalue weighted by atomic mass is 10.2. The van der Waals surface area contributed by atoms with Crippen LogP contribution >= 0.6 is 15.9 Å². The molecule has 0 aliphatic carbocycles. The molecular weight excluding hydrogens is 332 g/mol. The van der Waals surface area contributed by atoms with Gasteiger partial charge < -0.3 is 9.73 Å². The van der Waals surface area contributed by atoms with Crippen LogP contribution in [-0.2, 0) is 11.2 Å². The lowest BCUT2D eigenvalue weighted by Gasteiger charge is -2.10. The van der Waals surface area contributed by atoms with Gasteiger partial charge in [0.2, 0.25) is 5.91 Å². The van der Waals surface area contributed by atoms with Crippen LogP contribution in [0.25, 0.3) is 11.3 Å². The van der Waals surface area contributed by atoms with Gasteiger partial charge in [0.1, 0.15) is 0 Å². The summed E-state index contributed by atoms with van der Waals surface area (Å²) in [5.74, 6) is 1.35. The first-order chi connectivity index (χ1) is 10.1. The van der Waals surface area contributed by atoms with Gasteiger partial charge in [-0.2, -0.15) is 0 Å². The zero-order valence-electron chi connectivity index (χ0n) is 12.2. The second kappa shape index (κ2) is 7.41. The summed E-state index contributed by atoms with van der Waals surface area (Å²) in [4.78, 5) is 15.9. The van der Waals surface area contributed by atoms with Crippen LogP contribution in [0, 0.1) is 0 Å². The molecule has 0 bridgehead atoms. The number of hydrogen-bond acceptors (Lipinski definition) is 3. The predicted molar refractivity (Wildman–Crippen MR) is 85.9 cm³/mol. The lowest BCUT2D eigenvalue weighted by Crippen LogP contribution is -2.32. The molecule has 2 aromatic rings. The van der Waals surface area contributed by atoms with Crippen LogP contribution < -0.4 is 5.32 Å². The van der Waals surface area contributed by atoms with Crippen LogP contribution in [0.5, 0.6) is 0 Å². The van der Waals surface area contributed by atoms with Crippen LogP contribution in [-0.4, -0.2) is 16.9 Å². The van der Waals surface area contributed by atoms with E-state index in [1.165, 1.54) is 0 Å². The molecule has 0 saturated heterocycles. The third-order valence-corrected chi connectivity index (χ3v) is 3.80. The number of oxazole rings is 1. The molecule has 0 radical (unpaired) electrons. The van der Waals surface area contributed by atoms with E-state index < -0.39 is 0 Å². The Labute approximate surface area is 133 Å². The molecule has 0 aliphatic rings. The number of nitrogens with zero attached hydrogens (tertiary/aromatic N) is 1. The largest absolute Gasteiger partial charge is 0.441 e. The predicted octanol–water partition coefficient (Wildman–Crippen LogP) is 3.95. The van der Waals surface area contributed by atoms with Gasteiger partial charge in [0.25, 0.3) is 0 Å². The molecule has 21 heavy (non-hydrogen) atoms. The molecule has 5 heteroatoms. The van der Waals surface area contributed by atoms with Crippen molar-refractivity contribution < 1.29 is 9.21 Å². The first-order valence-corrected chi connectivity index (χ1v) is 7.87. The third-order valence-electron chi connectivity index (χ3n) is 3.27. The summed E-state index contributed by atoms with van der Waals surface area (Å²) in [6.07, 6.45) is 3.53. The van der Waals surface area contributed by atoms with Crippen LogP contribution in [0.15, 0.2) is 39.4 Å². The van der Waals surface area contributed by atoms with E-state index in [0.29, 0.717) is 18.7 Å². The summed E-state index contributed by atoms with van der Waals surface area (Å²) in [6, 6.07) is 8.04. The Bertz CT molecular complexity index is 593. The van der Waals surface area contributed by atoms with Crippen LogP contribution in [0.3, 0.4) is 0 Å². The maximum absolute atomic E-state index is 11.7. The summed E-state index contributed by atoms with van der Waals surface area (Å²) in [5, 5.41) is 2.93. The Kier molecular flexibility index (Phi) is 5.56. The van der Waals surface area contributed by atoms with E-state index in [1.807, 2.05) is 38.1 Å². The van der Waals surface area contributed by atoms with Crippen molar-refractivity contribution in [3.8, 4) is 11.3 Å². The van der Waals surface area contributed by atoms with E-state index >= 15 is 0 Å². The monoisotopic (exact) mass is 350 g/mol. The number of nitrogens with one attached hydrogen (secondary N) is 1. The zero-order valence-corrected chi connectivity index (χ0v) is 13.8. The van der Waals surface area contributed by atoms with Crippen molar-refractivity contribution in [3.05, 3.63) is 40.8 Å². The SMILES string of the molecule is CCC(C)NC(=O)CCc1ncc(-c2ccc(Br)cc2)o1. The molecule has 4 nitrogen and oxygen atoms in total. The van der Waals surface area contributed by atoms with E-state index in [9.17, 15) is 4.79 Å². The first kappa shape index (κ1) is 15.8. The molecule has 1 N–H and O–H groups in total. The maximum atomic E-state index is 11.7. The number of benzene rings is 1. The second-order valence-electron chi connectivity index (χ2n) is 5.00. The van der Waals surface area contributed by atoms with E-state index in [1.54, 1.807) is 6.20 Å². The third kappa shape index (κ3) is 4.70. The number of rotatable bonds is 6. The lowest BCUT2D eigenvalue weighted by molar-refractivity contribution is -0.121. The summed E-state index contributed by atoms with van der Waals surface area (Å²) < 4.78 is 6.71. The molecule has 1 amide bonds. The Hall–Kier alpha value is -1.62. The molecule has 0 saturated carbocycles. The summed E-state index contributed by atoms with van der Waals surface area (Å²) in [5.41, 5.74) is 0.973. The highest BCUT2D eigenvalue weighted by Gasteiger charge is 2.10. The average Bonchev–Trinajstić information content (AvgIpc) is 2.94. The Morgan fingerprint density at radius 2 is 2.10 bits per heavy atom. The smallest absolute Gasteiger partial charge is 0.220 e. The van der Waals surface area contributed by atoms with E-state index in [0.717, 1.165) is 22.2 Å². The molecule has 112 valence electrons. The Morgan fingerprint density at radius 1 is 1.38 bits per heavy atom. The van der Waals surface area contributed by atoms with Gasteiger partial charge in [-0.1, -0.05) is 35.0 Å². The minimum Gasteiger partial charge on any atom is -0.441 e. The molecule has 2 rings (SSSR count). The van der Waals surface area contributed by atoms with Gasteiger partial charge in [-0.05, 0) is 25.5 Å². The fraction of sp³-hybridized carbons (Fsp3) is 0.375. The van der Waals surface area contributed by atoms with Crippen molar-refractivity contribution in [2.45, 2.75) is 39.2 Å². The van der Waals surface area contributed by atoms with Crippen molar-refractivity contribution in [3.63, 3.8) is 0 Å². The number of aryl methyl sites for hydroxylation is 1. The van der Waals surface area contributed by atoms with E-state index in [2.05, 4.69) is 26.2 Å². The summed E-state index contributed by atoms with van der Waals surface area (Å²) in [6.45, 7) is 4.04. The molecule has 1 atom stereocenters. The van der Waals surface area contributed by atoms with Gasteiger partial charge >= 0.3 is 0 Å².